The summed E-state index contributed by atoms with van der Waals surface area (Å²) < 4.78 is 30.1. The van der Waals surface area contributed by atoms with E-state index in [1.165, 1.54) is 0 Å². The third-order valence-electron chi connectivity index (χ3n) is 1.68. The minimum atomic E-state index is -1.51. The average Bonchev–Trinajstić information content (AvgIpc) is 2.24. The number of nitro benzene ring substituents is 1. The smallest absolute Gasteiger partial charge is 0.411 e. The van der Waals surface area contributed by atoms with Gasteiger partial charge >= 0.3 is 6.09 Å². The fourth-order valence-electron chi connectivity index (χ4n) is 0.965. The van der Waals surface area contributed by atoms with E-state index in [1.54, 1.807) is 5.32 Å². The number of carbonyl (C=O) groups excluding carboxylic acids is 1. The molecule has 0 aliphatic rings. The Morgan fingerprint density at radius 1 is 1.50 bits per heavy atom. The first-order chi connectivity index (χ1) is 7.47. The molecule has 86 valence electrons. The first-order valence-electron chi connectivity index (χ1n) is 3.94. The van der Waals surface area contributed by atoms with E-state index in [2.05, 4.69) is 4.74 Å². The van der Waals surface area contributed by atoms with E-state index in [0.29, 0.717) is 6.07 Å². The summed E-state index contributed by atoms with van der Waals surface area (Å²) in [5.41, 5.74) is -1.62. The highest BCUT2D eigenvalue weighted by molar-refractivity contribution is 5.87. The third kappa shape index (κ3) is 2.22. The van der Waals surface area contributed by atoms with E-state index in [4.69, 9.17) is 0 Å². The van der Waals surface area contributed by atoms with Crippen molar-refractivity contribution in [1.82, 2.24) is 0 Å². The van der Waals surface area contributed by atoms with E-state index in [0.717, 1.165) is 13.2 Å². The van der Waals surface area contributed by atoms with Gasteiger partial charge in [0.1, 0.15) is 0 Å². The van der Waals surface area contributed by atoms with E-state index in [1.807, 2.05) is 0 Å². The molecule has 0 aliphatic heterocycles. The first kappa shape index (κ1) is 11.8. The molecule has 1 aromatic carbocycles. The van der Waals surface area contributed by atoms with Gasteiger partial charge in [-0.25, -0.2) is 13.6 Å². The number of nitrogens with one attached hydrogen (secondary N) is 1. The van der Waals surface area contributed by atoms with Crippen molar-refractivity contribution in [2.75, 3.05) is 12.4 Å². The fourth-order valence-corrected chi connectivity index (χ4v) is 0.965. The molecule has 6 nitrogen and oxygen atoms in total. The van der Waals surface area contributed by atoms with Crippen LogP contribution in [0.15, 0.2) is 12.1 Å². The van der Waals surface area contributed by atoms with Crippen LogP contribution in [0.4, 0.5) is 25.0 Å². The summed E-state index contributed by atoms with van der Waals surface area (Å²) in [5.74, 6) is -2.82. The van der Waals surface area contributed by atoms with Crippen LogP contribution in [0.1, 0.15) is 0 Å². The van der Waals surface area contributed by atoms with Gasteiger partial charge < -0.3 is 4.74 Å². The van der Waals surface area contributed by atoms with Crippen LogP contribution in [-0.4, -0.2) is 18.1 Å². The largest absolute Gasteiger partial charge is 0.453 e. The van der Waals surface area contributed by atoms with Gasteiger partial charge in [0.25, 0.3) is 5.69 Å². The molecule has 0 spiro atoms. The lowest BCUT2D eigenvalue weighted by Crippen LogP contribution is -2.14. The van der Waals surface area contributed by atoms with Gasteiger partial charge in [-0.05, 0) is 6.07 Å². The maximum Gasteiger partial charge on any atom is 0.411 e. The molecule has 0 aromatic heterocycles. The Balaban J connectivity index is 3.26. The summed E-state index contributed by atoms with van der Waals surface area (Å²) >= 11 is 0. The third-order valence-corrected chi connectivity index (χ3v) is 1.68. The fraction of sp³-hybridized carbons (Fsp3) is 0.125. The van der Waals surface area contributed by atoms with Crippen molar-refractivity contribution in [2.45, 2.75) is 0 Å². The average molecular weight is 232 g/mol. The predicted molar refractivity (Wildman–Crippen MR) is 49.0 cm³/mol. The topological polar surface area (TPSA) is 81.5 Å². The number of nitro groups is 1. The Morgan fingerprint density at radius 3 is 2.62 bits per heavy atom. The molecule has 1 aromatic rings. The van der Waals surface area contributed by atoms with Crippen LogP contribution in [-0.2, 0) is 4.74 Å². The molecule has 1 rings (SSSR count). The second-order valence-electron chi connectivity index (χ2n) is 2.63. The quantitative estimate of drug-likeness (QED) is 0.624. The molecule has 0 atom stereocenters. The van der Waals surface area contributed by atoms with Gasteiger partial charge in [0.2, 0.25) is 0 Å². The monoisotopic (exact) mass is 232 g/mol. The van der Waals surface area contributed by atoms with Gasteiger partial charge in [-0.2, -0.15) is 0 Å². The van der Waals surface area contributed by atoms with Crippen LogP contribution >= 0.6 is 0 Å². The molecule has 0 saturated heterocycles. The number of hydrogen-bond donors (Lipinski definition) is 1. The summed E-state index contributed by atoms with van der Waals surface area (Å²) in [7, 11) is 0.984. The molecule has 0 fully saturated rings. The molecular formula is C8H6F2N2O4. The van der Waals surface area contributed by atoms with Gasteiger partial charge in [0.15, 0.2) is 17.3 Å². The Morgan fingerprint density at radius 2 is 2.12 bits per heavy atom. The van der Waals surface area contributed by atoms with Crippen molar-refractivity contribution in [3.63, 3.8) is 0 Å². The summed E-state index contributed by atoms with van der Waals surface area (Å²) in [6.45, 7) is 0. The molecule has 0 aliphatic carbocycles. The number of hydrogen-bond acceptors (Lipinski definition) is 4. The zero-order valence-electron chi connectivity index (χ0n) is 7.99. The minimum absolute atomic E-state index is 0.593. The number of nitrogens with zero attached hydrogens (tertiary/aromatic N) is 1. The maximum atomic E-state index is 13.2. The Hall–Kier alpha value is -2.25. The highest BCUT2D eigenvalue weighted by atomic mass is 19.2. The summed E-state index contributed by atoms with van der Waals surface area (Å²) in [6.07, 6.45) is -1.13. The molecule has 8 heteroatoms. The second-order valence-corrected chi connectivity index (χ2v) is 2.63. The Kier molecular flexibility index (Phi) is 3.33. The number of rotatable bonds is 2. The SMILES string of the molecule is COC(=O)Nc1c([N+](=O)[O-])ccc(F)c1F. The van der Waals surface area contributed by atoms with Crippen molar-refractivity contribution in [3.8, 4) is 0 Å². The van der Waals surface area contributed by atoms with Gasteiger partial charge in [0, 0.05) is 6.07 Å². The van der Waals surface area contributed by atoms with Crippen LogP contribution in [0.25, 0.3) is 0 Å². The van der Waals surface area contributed by atoms with Crippen LogP contribution in [0.2, 0.25) is 0 Å². The van der Waals surface area contributed by atoms with Gasteiger partial charge in [-0.3, -0.25) is 15.4 Å². The maximum absolute atomic E-state index is 13.2. The molecule has 0 bridgehead atoms. The molecule has 16 heavy (non-hydrogen) atoms. The number of anilines is 1. The number of carbonyl (C=O) groups is 1. The molecule has 1 N–H and O–H groups in total. The molecule has 0 heterocycles. The van der Waals surface area contributed by atoms with Crippen molar-refractivity contribution in [2.24, 2.45) is 0 Å². The van der Waals surface area contributed by atoms with E-state index < -0.39 is 34.0 Å². The van der Waals surface area contributed by atoms with E-state index >= 15 is 0 Å². The zero-order chi connectivity index (χ0) is 12.3. The van der Waals surface area contributed by atoms with E-state index in [-0.39, 0.29) is 0 Å². The van der Waals surface area contributed by atoms with E-state index in [9.17, 15) is 23.7 Å². The molecule has 0 unspecified atom stereocenters. The summed E-state index contributed by atoms with van der Waals surface area (Å²) in [6, 6.07) is 1.33. The highest BCUT2D eigenvalue weighted by Gasteiger charge is 2.23. The van der Waals surface area contributed by atoms with Crippen molar-refractivity contribution in [3.05, 3.63) is 33.9 Å². The summed E-state index contributed by atoms with van der Waals surface area (Å²) in [5, 5.41) is 12.2. The lowest BCUT2D eigenvalue weighted by Gasteiger charge is -2.05. The molecule has 0 saturated carbocycles. The van der Waals surface area contributed by atoms with Gasteiger partial charge in [0.05, 0.1) is 12.0 Å². The molecular weight excluding hydrogens is 226 g/mol. The minimum Gasteiger partial charge on any atom is -0.453 e. The van der Waals surface area contributed by atoms with Crippen LogP contribution < -0.4 is 5.32 Å². The highest BCUT2D eigenvalue weighted by Crippen LogP contribution is 2.28. The predicted octanol–water partition coefficient (Wildman–Crippen LogP) is 2.05. The van der Waals surface area contributed by atoms with Crippen molar-refractivity contribution in [1.29, 1.82) is 0 Å². The van der Waals surface area contributed by atoms with Crippen molar-refractivity contribution < 1.29 is 23.2 Å². The number of halogens is 2. The first-order valence-corrected chi connectivity index (χ1v) is 3.94. The number of amides is 1. The standard InChI is InChI=1S/C8H6F2N2O4/c1-16-8(13)11-7-5(12(14)15)3-2-4(9)6(7)10/h2-3H,1H3,(H,11,13). The van der Waals surface area contributed by atoms with Gasteiger partial charge in [-0.15, -0.1) is 0 Å². The normalized spacial score (nSPS) is 9.69. The van der Waals surface area contributed by atoms with Crippen LogP contribution in [0.3, 0.4) is 0 Å². The molecule has 1 amide bonds. The van der Waals surface area contributed by atoms with Crippen LogP contribution in [0.5, 0.6) is 0 Å². The lowest BCUT2D eigenvalue weighted by molar-refractivity contribution is -0.384. The number of ether oxygens (including phenoxy) is 1. The van der Waals surface area contributed by atoms with Gasteiger partial charge in [-0.1, -0.05) is 0 Å². The Bertz CT molecular complexity index is 450. The number of benzene rings is 1. The number of methoxy groups -OCH3 is 1. The van der Waals surface area contributed by atoms with Crippen molar-refractivity contribution >= 4 is 17.5 Å². The van der Waals surface area contributed by atoms with Crippen LogP contribution in [0, 0.1) is 21.7 Å². The second kappa shape index (κ2) is 4.51. The lowest BCUT2D eigenvalue weighted by atomic mass is 10.2. The summed E-state index contributed by atoms with van der Waals surface area (Å²) in [4.78, 5) is 20.3. The Labute approximate surface area is 88.0 Å². The molecule has 0 radical (unpaired) electrons. The zero-order valence-corrected chi connectivity index (χ0v) is 7.99.